The Balaban J connectivity index is 2.79. The fraction of sp³-hybridized carbons (Fsp3) is 0.727. The van der Waals surface area contributed by atoms with Crippen molar-refractivity contribution in [2.24, 2.45) is 12.8 Å². The maximum Gasteiger partial charge on any atom is 0.0972 e. The van der Waals surface area contributed by atoms with Crippen molar-refractivity contribution >= 4 is 11.8 Å². The van der Waals surface area contributed by atoms with Crippen molar-refractivity contribution in [2.75, 3.05) is 19.5 Å². The van der Waals surface area contributed by atoms with Crippen molar-refractivity contribution in [1.82, 2.24) is 9.78 Å². The molecule has 0 aliphatic heterocycles. The second-order valence-electron chi connectivity index (χ2n) is 4.02. The summed E-state index contributed by atoms with van der Waals surface area (Å²) in [6, 6.07) is 0.171. The largest absolute Gasteiger partial charge is 0.384 e. The number of ether oxygens (including phenoxy) is 1. The number of aromatic nitrogens is 2. The second kappa shape index (κ2) is 6.27. The van der Waals surface area contributed by atoms with E-state index in [2.05, 4.69) is 5.10 Å². The Kier molecular flexibility index (Phi) is 5.31. The monoisotopic (exact) mass is 243 g/mol. The Morgan fingerprint density at radius 3 is 2.81 bits per heavy atom. The molecule has 0 amide bonds. The van der Waals surface area contributed by atoms with Crippen molar-refractivity contribution in [1.29, 1.82) is 0 Å². The maximum absolute atomic E-state index is 5.86. The molecule has 1 aromatic rings. The van der Waals surface area contributed by atoms with Crippen LogP contribution in [0.25, 0.3) is 0 Å². The molecular formula is C11H21N3OS. The molecule has 0 fully saturated rings. The lowest BCUT2D eigenvalue weighted by molar-refractivity contribution is 0.218. The van der Waals surface area contributed by atoms with Crippen molar-refractivity contribution in [2.45, 2.75) is 31.3 Å². The first-order valence-corrected chi connectivity index (χ1v) is 6.44. The highest BCUT2D eigenvalue weighted by Crippen LogP contribution is 2.25. The SMILES string of the molecule is COCCSc1c(CC(C)N)c(C)nn1C. The van der Waals surface area contributed by atoms with E-state index < -0.39 is 0 Å². The number of hydrogen-bond acceptors (Lipinski definition) is 4. The number of nitrogens with two attached hydrogens (primary N) is 1. The predicted octanol–water partition coefficient (Wildman–Crippen LogP) is 1.36. The third-order valence-corrected chi connectivity index (χ3v) is 3.50. The van der Waals surface area contributed by atoms with Gasteiger partial charge in [0.05, 0.1) is 17.3 Å². The van der Waals surface area contributed by atoms with Gasteiger partial charge in [-0.2, -0.15) is 5.10 Å². The normalized spacial score (nSPS) is 13.1. The Labute approximate surface area is 102 Å². The van der Waals surface area contributed by atoms with E-state index in [4.69, 9.17) is 10.5 Å². The lowest BCUT2D eigenvalue weighted by Crippen LogP contribution is -2.18. The highest BCUT2D eigenvalue weighted by atomic mass is 32.2. The first kappa shape index (κ1) is 13.5. The molecule has 0 radical (unpaired) electrons. The van der Waals surface area contributed by atoms with E-state index in [1.165, 1.54) is 10.6 Å². The number of aryl methyl sites for hydroxylation is 2. The van der Waals surface area contributed by atoms with Crippen LogP contribution in [0.15, 0.2) is 5.03 Å². The van der Waals surface area contributed by atoms with Gasteiger partial charge in [0, 0.05) is 31.5 Å². The van der Waals surface area contributed by atoms with Gasteiger partial charge in [0.15, 0.2) is 0 Å². The molecular weight excluding hydrogens is 222 g/mol. The van der Waals surface area contributed by atoms with E-state index in [0.717, 1.165) is 24.5 Å². The Morgan fingerprint density at radius 2 is 2.25 bits per heavy atom. The molecule has 0 saturated heterocycles. The number of hydrogen-bond donors (Lipinski definition) is 1. The van der Waals surface area contributed by atoms with Crippen LogP contribution in [0.5, 0.6) is 0 Å². The lowest BCUT2D eigenvalue weighted by Gasteiger charge is -2.08. The minimum Gasteiger partial charge on any atom is -0.384 e. The highest BCUT2D eigenvalue weighted by molar-refractivity contribution is 7.99. The van der Waals surface area contributed by atoms with Crippen molar-refractivity contribution in [3.8, 4) is 0 Å². The molecule has 0 aliphatic carbocycles. The fourth-order valence-corrected chi connectivity index (χ4v) is 2.72. The number of methoxy groups -OCH3 is 1. The van der Waals surface area contributed by atoms with Crippen LogP contribution in [0.1, 0.15) is 18.2 Å². The highest BCUT2D eigenvalue weighted by Gasteiger charge is 2.14. The van der Waals surface area contributed by atoms with Gasteiger partial charge < -0.3 is 10.5 Å². The minimum atomic E-state index is 0.171. The summed E-state index contributed by atoms with van der Waals surface area (Å²) in [7, 11) is 3.70. The summed E-state index contributed by atoms with van der Waals surface area (Å²) in [6.45, 7) is 4.82. The topological polar surface area (TPSA) is 53.1 Å². The van der Waals surface area contributed by atoms with Crippen LogP contribution < -0.4 is 5.73 Å². The maximum atomic E-state index is 5.86. The average molecular weight is 243 g/mol. The second-order valence-corrected chi connectivity index (χ2v) is 5.10. The van der Waals surface area contributed by atoms with Crippen LogP contribution in [0.4, 0.5) is 0 Å². The van der Waals surface area contributed by atoms with E-state index in [1.54, 1.807) is 18.9 Å². The Bertz CT molecular complexity index is 336. The zero-order chi connectivity index (χ0) is 12.1. The van der Waals surface area contributed by atoms with E-state index >= 15 is 0 Å². The average Bonchev–Trinajstić information content (AvgIpc) is 2.44. The third kappa shape index (κ3) is 3.50. The zero-order valence-corrected chi connectivity index (χ0v) is 11.3. The van der Waals surface area contributed by atoms with E-state index in [-0.39, 0.29) is 6.04 Å². The quantitative estimate of drug-likeness (QED) is 0.605. The molecule has 5 heteroatoms. The molecule has 0 bridgehead atoms. The molecule has 1 atom stereocenters. The third-order valence-electron chi connectivity index (χ3n) is 2.34. The van der Waals surface area contributed by atoms with Gasteiger partial charge >= 0.3 is 0 Å². The van der Waals surface area contributed by atoms with Crippen LogP contribution >= 0.6 is 11.8 Å². The van der Waals surface area contributed by atoms with Crippen LogP contribution in [0.3, 0.4) is 0 Å². The molecule has 4 nitrogen and oxygen atoms in total. The molecule has 16 heavy (non-hydrogen) atoms. The van der Waals surface area contributed by atoms with Crippen molar-refractivity contribution in [3.63, 3.8) is 0 Å². The molecule has 1 aromatic heterocycles. The van der Waals surface area contributed by atoms with E-state index in [9.17, 15) is 0 Å². The standard InChI is InChI=1S/C11H21N3OS/c1-8(12)7-10-9(2)13-14(3)11(10)16-6-5-15-4/h8H,5-7,12H2,1-4H3. The summed E-state index contributed by atoms with van der Waals surface area (Å²) < 4.78 is 6.99. The van der Waals surface area contributed by atoms with Gasteiger partial charge in [-0.25, -0.2) is 0 Å². The van der Waals surface area contributed by atoms with Gasteiger partial charge in [-0.15, -0.1) is 11.8 Å². The molecule has 1 rings (SSSR count). The Morgan fingerprint density at radius 1 is 1.56 bits per heavy atom. The van der Waals surface area contributed by atoms with Gasteiger partial charge in [-0.1, -0.05) is 0 Å². The fourth-order valence-electron chi connectivity index (χ4n) is 1.64. The van der Waals surface area contributed by atoms with Gasteiger partial charge in [0.25, 0.3) is 0 Å². The summed E-state index contributed by atoms with van der Waals surface area (Å²) in [6.07, 6.45) is 0.884. The van der Waals surface area contributed by atoms with E-state index in [1.807, 2.05) is 25.6 Å². The Hall–Kier alpha value is -0.520. The first-order valence-electron chi connectivity index (χ1n) is 5.46. The van der Waals surface area contributed by atoms with Gasteiger partial charge in [0.1, 0.15) is 0 Å². The lowest BCUT2D eigenvalue weighted by atomic mass is 10.1. The van der Waals surface area contributed by atoms with Gasteiger partial charge in [-0.3, -0.25) is 4.68 Å². The molecule has 0 saturated carbocycles. The van der Waals surface area contributed by atoms with Crippen molar-refractivity contribution in [3.05, 3.63) is 11.3 Å². The van der Waals surface area contributed by atoms with E-state index in [0.29, 0.717) is 0 Å². The summed E-state index contributed by atoms with van der Waals surface area (Å²) in [5, 5.41) is 5.66. The summed E-state index contributed by atoms with van der Waals surface area (Å²) in [5.74, 6) is 0.946. The number of rotatable bonds is 6. The molecule has 1 unspecified atom stereocenters. The molecule has 1 heterocycles. The molecule has 0 aliphatic rings. The summed E-state index contributed by atoms with van der Waals surface area (Å²) in [4.78, 5) is 0. The molecule has 2 N–H and O–H groups in total. The van der Waals surface area contributed by atoms with Gasteiger partial charge in [-0.05, 0) is 20.3 Å². The van der Waals surface area contributed by atoms with Crippen LogP contribution in [0, 0.1) is 6.92 Å². The van der Waals surface area contributed by atoms with Crippen LogP contribution in [0.2, 0.25) is 0 Å². The predicted molar refractivity (Wildman–Crippen MR) is 67.9 cm³/mol. The number of thioether (sulfide) groups is 1. The minimum absolute atomic E-state index is 0.171. The van der Waals surface area contributed by atoms with Crippen molar-refractivity contribution < 1.29 is 4.74 Å². The smallest absolute Gasteiger partial charge is 0.0972 e. The number of nitrogens with zero attached hydrogens (tertiary/aromatic N) is 2. The summed E-state index contributed by atoms with van der Waals surface area (Å²) >= 11 is 1.78. The van der Waals surface area contributed by atoms with Crippen LogP contribution in [-0.4, -0.2) is 35.3 Å². The van der Waals surface area contributed by atoms with Gasteiger partial charge in [0.2, 0.25) is 0 Å². The molecule has 0 spiro atoms. The molecule has 92 valence electrons. The van der Waals surface area contributed by atoms with Crippen LogP contribution in [-0.2, 0) is 18.2 Å². The summed E-state index contributed by atoms with van der Waals surface area (Å²) in [5.41, 5.74) is 8.21. The zero-order valence-electron chi connectivity index (χ0n) is 10.5. The first-order chi connectivity index (χ1) is 7.56. The molecule has 0 aromatic carbocycles.